The molecule has 0 aromatic heterocycles. The van der Waals surface area contributed by atoms with E-state index in [1.165, 1.54) is 0 Å². The molecule has 2 aromatic rings. The molecule has 0 heterocycles. The maximum absolute atomic E-state index is 11.9. The standard InChI is InChI=1S/C18H18N2O4S/c1-19-17(22)12-3-7-14(8-4-12)20-16(21)11-24-18(23)13-5-9-15(25-2)10-6-13/h3-10H,11H2,1-2H3,(H,19,22)(H,20,21). The van der Waals surface area contributed by atoms with E-state index in [2.05, 4.69) is 10.6 Å². The van der Waals surface area contributed by atoms with Gasteiger partial charge in [-0.05, 0) is 54.8 Å². The van der Waals surface area contributed by atoms with Crippen molar-refractivity contribution >= 4 is 35.2 Å². The first-order valence-corrected chi connectivity index (χ1v) is 8.69. The van der Waals surface area contributed by atoms with E-state index in [0.717, 1.165) is 4.90 Å². The monoisotopic (exact) mass is 358 g/mol. The average molecular weight is 358 g/mol. The van der Waals surface area contributed by atoms with Crippen LogP contribution in [0.25, 0.3) is 0 Å². The Morgan fingerprint density at radius 2 is 1.56 bits per heavy atom. The molecule has 0 atom stereocenters. The third-order valence-electron chi connectivity index (χ3n) is 3.32. The van der Waals surface area contributed by atoms with Crippen LogP contribution in [0.3, 0.4) is 0 Å². The second kappa shape index (κ2) is 8.89. The van der Waals surface area contributed by atoms with Crippen LogP contribution in [-0.2, 0) is 9.53 Å². The van der Waals surface area contributed by atoms with Crippen molar-refractivity contribution in [1.82, 2.24) is 5.32 Å². The molecule has 130 valence electrons. The van der Waals surface area contributed by atoms with Gasteiger partial charge in [0.15, 0.2) is 6.61 Å². The molecule has 0 bridgehead atoms. The normalized spacial score (nSPS) is 10.0. The molecule has 0 aliphatic rings. The SMILES string of the molecule is CNC(=O)c1ccc(NC(=O)COC(=O)c2ccc(SC)cc2)cc1. The zero-order valence-corrected chi connectivity index (χ0v) is 14.7. The Bertz CT molecular complexity index is 758. The first kappa shape index (κ1) is 18.5. The number of rotatable bonds is 6. The van der Waals surface area contributed by atoms with Gasteiger partial charge in [0.25, 0.3) is 11.8 Å². The van der Waals surface area contributed by atoms with E-state index >= 15 is 0 Å². The van der Waals surface area contributed by atoms with Gasteiger partial charge in [-0.1, -0.05) is 0 Å². The zero-order valence-electron chi connectivity index (χ0n) is 13.9. The van der Waals surface area contributed by atoms with Crippen LogP contribution < -0.4 is 10.6 Å². The summed E-state index contributed by atoms with van der Waals surface area (Å²) in [5, 5.41) is 5.11. The molecule has 2 N–H and O–H groups in total. The van der Waals surface area contributed by atoms with Gasteiger partial charge in [-0.3, -0.25) is 9.59 Å². The molecule has 0 saturated carbocycles. The van der Waals surface area contributed by atoms with Crippen LogP contribution >= 0.6 is 11.8 Å². The lowest BCUT2D eigenvalue weighted by molar-refractivity contribution is -0.119. The summed E-state index contributed by atoms with van der Waals surface area (Å²) < 4.78 is 4.99. The summed E-state index contributed by atoms with van der Waals surface area (Å²) in [4.78, 5) is 36.2. The minimum Gasteiger partial charge on any atom is -0.452 e. The van der Waals surface area contributed by atoms with Crippen LogP contribution in [0.2, 0.25) is 0 Å². The summed E-state index contributed by atoms with van der Waals surface area (Å²) in [7, 11) is 1.54. The minimum absolute atomic E-state index is 0.209. The highest BCUT2D eigenvalue weighted by Gasteiger charge is 2.11. The molecule has 25 heavy (non-hydrogen) atoms. The number of esters is 1. The fourth-order valence-corrected chi connectivity index (χ4v) is 2.40. The van der Waals surface area contributed by atoms with E-state index in [0.29, 0.717) is 16.8 Å². The highest BCUT2D eigenvalue weighted by atomic mass is 32.2. The van der Waals surface area contributed by atoms with Gasteiger partial charge < -0.3 is 15.4 Å². The molecule has 2 rings (SSSR count). The molecule has 7 heteroatoms. The summed E-state index contributed by atoms with van der Waals surface area (Å²) in [6, 6.07) is 13.3. The summed E-state index contributed by atoms with van der Waals surface area (Å²) in [6.45, 7) is -0.389. The molecule has 0 unspecified atom stereocenters. The van der Waals surface area contributed by atoms with E-state index in [-0.39, 0.29) is 12.5 Å². The van der Waals surface area contributed by atoms with Gasteiger partial charge in [0.1, 0.15) is 0 Å². The lowest BCUT2D eigenvalue weighted by atomic mass is 10.2. The number of nitrogens with one attached hydrogen (secondary N) is 2. The van der Waals surface area contributed by atoms with Crippen molar-refractivity contribution in [2.75, 3.05) is 25.2 Å². The second-order valence-corrected chi connectivity index (χ2v) is 5.89. The fourth-order valence-electron chi connectivity index (χ4n) is 1.99. The highest BCUT2D eigenvalue weighted by molar-refractivity contribution is 7.98. The number of benzene rings is 2. The van der Waals surface area contributed by atoms with Crippen LogP contribution in [0, 0.1) is 0 Å². The first-order valence-electron chi connectivity index (χ1n) is 7.46. The molecule has 2 aromatic carbocycles. The predicted octanol–water partition coefficient (Wildman–Crippen LogP) is 2.56. The lowest BCUT2D eigenvalue weighted by Gasteiger charge is -2.07. The van der Waals surface area contributed by atoms with Crippen molar-refractivity contribution < 1.29 is 19.1 Å². The molecule has 0 fully saturated rings. The maximum Gasteiger partial charge on any atom is 0.338 e. The predicted molar refractivity (Wildman–Crippen MR) is 97.0 cm³/mol. The molecule has 0 spiro atoms. The second-order valence-electron chi connectivity index (χ2n) is 5.01. The number of anilines is 1. The van der Waals surface area contributed by atoms with Crippen LogP contribution in [0.4, 0.5) is 5.69 Å². The Kier molecular flexibility index (Phi) is 6.59. The van der Waals surface area contributed by atoms with E-state index < -0.39 is 11.9 Å². The molecule has 0 saturated heterocycles. The molecule has 6 nitrogen and oxygen atoms in total. The molecule has 0 aliphatic heterocycles. The summed E-state index contributed by atoms with van der Waals surface area (Å²) >= 11 is 1.57. The Morgan fingerprint density at radius 1 is 0.960 bits per heavy atom. The average Bonchev–Trinajstić information content (AvgIpc) is 2.66. The highest BCUT2D eigenvalue weighted by Crippen LogP contribution is 2.15. The van der Waals surface area contributed by atoms with Gasteiger partial charge >= 0.3 is 5.97 Å². The van der Waals surface area contributed by atoms with Crippen LogP contribution in [0.5, 0.6) is 0 Å². The van der Waals surface area contributed by atoms with Gasteiger partial charge in [0, 0.05) is 23.2 Å². The summed E-state index contributed by atoms with van der Waals surface area (Å²) in [5.41, 5.74) is 1.39. The van der Waals surface area contributed by atoms with E-state index in [1.54, 1.807) is 55.2 Å². The fraction of sp³-hybridized carbons (Fsp3) is 0.167. The Hall–Kier alpha value is -2.80. The van der Waals surface area contributed by atoms with Crippen LogP contribution in [0.15, 0.2) is 53.4 Å². The van der Waals surface area contributed by atoms with Crippen LogP contribution in [-0.4, -0.2) is 37.7 Å². The van der Waals surface area contributed by atoms with Crippen LogP contribution in [0.1, 0.15) is 20.7 Å². The molecular weight excluding hydrogens is 340 g/mol. The lowest BCUT2D eigenvalue weighted by Crippen LogP contribution is -2.21. The van der Waals surface area contributed by atoms with Gasteiger partial charge in [-0.25, -0.2) is 4.79 Å². The van der Waals surface area contributed by atoms with Gasteiger partial charge in [0.05, 0.1) is 5.56 Å². The Balaban J connectivity index is 1.85. The Morgan fingerprint density at radius 3 is 2.12 bits per heavy atom. The van der Waals surface area contributed by atoms with Crippen molar-refractivity contribution in [3.8, 4) is 0 Å². The van der Waals surface area contributed by atoms with Gasteiger partial charge in [-0.2, -0.15) is 0 Å². The number of amides is 2. The largest absolute Gasteiger partial charge is 0.452 e. The molecular formula is C18H18N2O4S. The number of hydrogen-bond acceptors (Lipinski definition) is 5. The number of hydrogen-bond donors (Lipinski definition) is 2. The first-order chi connectivity index (χ1) is 12.0. The summed E-state index contributed by atoms with van der Waals surface area (Å²) in [6.07, 6.45) is 1.94. The minimum atomic E-state index is -0.558. The number of thioether (sulfide) groups is 1. The molecule has 0 aliphatic carbocycles. The van der Waals surface area contributed by atoms with Gasteiger partial charge in [-0.15, -0.1) is 11.8 Å². The van der Waals surface area contributed by atoms with Crippen molar-refractivity contribution in [3.05, 3.63) is 59.7 Å². The number of carbonyl (C=O) groups excluding carboxylic acids is 3. The maximum atomic E-state index is 11.9. The molecule has 0 radical (unpaired) electrons. The zero-order chi connectivity index (χ0) is 18.2. The van der Waals surface area contributed by atoms with Crippen molar-refractivity contribution in [1.29, 1.82) is 0 Å². The van der Waals surface area contributed by atoms with E-state index in [9.17, 15) is 14.4 Å². The number of carbonyl (C=O) groups is 3. The smallest absolute Gasteiger partial charge is 0.338 e. The van der Waals surface area contributed by atoms with E-state index in [4.69, 9.17) is 4.74 Å². The van der Waals surface area contributed by atoms with E-state index in [1.807, 2.05) is 18.4 Å². The summed E-state index contributed by atoms with van der Waals surface area (Å²) in [5.74, 6) is -1.22. The molecule has 2 amide bonds. The van der Waals surface area contributed by atoms with Gasteiger partial charge in [0.2, 0.25) is 0 Å². The van der Waals surface area contributed by atoms with Crippen molar-refractivity contribution in [2.45, 2.75) is 4.90 Å². The van der Waals surface area contributed by atoms with Crippen molar-refractivity contribution in [2.24, 2.45) is 0 Å². The third kappa shape index (κ3) is 5.36. The quantitative estimate of drug-likeness (QED) is 0.612. The number of ether oxygens (including phenoxy) is 1. The Labute approximate surface area is 149 Å². The topological polar surface area (TPSA) is 84.5 Å². The third-order valence-corrected chi connectivity index (χ3v) is 4.06. The van der Waals surface area contributed by atoms with Crippen molar-refractivity contribution in [3.63, 3.8) is 0 Å².